The van der Waals surface area contributed by atoms with Gasteiger partial charge in [0.1, 0.15) is 0 Å². The summed E-state index contributed by atoms with van der Waals surface area (Å²) in [5.74, 6) is -0.667. The van der Waals surface area contributed by atoms with Crippen LogP contribution >= 0.6 is 34.8 Å². The second-order valence-electron chi connectivity index (χ2n) is 3.82. The molecule has 6 heteroatoms. The number of benzene rings is 2. The summed E-state index contributed by atoms with van der Waals surface area (Å²) in [5.41, 5.74) is 0.391. The summed E-state index contributed by atoms with van der Waals surface area (Å²) in [4.78, 5) is 22.9. The van der Waals surface area contributed by atoms with Gasteiger partial charge in [0.05, 0.1) is 16.1 Å². The number of aldehydes is 1. The van der Waals surface area contributed by atoms with E-state index in [1.54, 1.807) is 12.1 Å². The third-order valence-corrected chi connectivity index (χ3v) is 3.19. The Morgan fingerprint density at radius 1 is 1.00 bits per heavy atom. The van der Waals surface area contributed by atoms with Gasteiger partial charge in [-0.2, -0.15) is 0 Å². The van der Waals surface area contributed by atoms with Crippen LogP contribution in [0.15, 0.2) is 36.4 Å². The highest BCUT2D eigenvalue weighted by atomic mass is 35.5. The Morgan fingerprint density at radius 3 is 2.25 bits per heavy atom. The molecule has 102 valence electrons. The van der Waals surface area contributed by atoms with E-state index in [4.69, 9.17) is 39.5 Å². The van der Waals surface area contributed by atoms with Crippen molar-refractivity contribution in [1.82, 2.24) is 0 Å². The van der Waals surface area contributed by atoms with Gasteiger partial charge in [0.15, 0.2) is 12.0 Å². The highest BCUT2D eigenvalue weighted by Gasteiger charge is 2.15. The Labute approximate surface area is 130 Å². The van der Waals surface area contributed by atoms with Gasteiger partial charge in [0.2, 0.25) is 0 Å². The molecule has 0 amide bonds. The number of hydrogen-bond acceptors (Lipinski definition) is 3. The first kappa shape index (κ1) is 14.9. The summed E-state index contributed by atoms with van der Waals surface area (Å²) in [6.07, 6.45) is 0.516. The number of halogens is 3. The van der Waals surface area contributed by atoms with Gasteiger partial charge in [-0.15, -0.1) is 0 Å². The molecule has 0 aliphatic carbocycles. The predicted molar refractivity (Wildman–Crippen MR) is 78.3 cm³/mol. The first-order valence-corrected chi connectivity index (χ1v) is 6.56. The zero-order valence-corrected chi connectivity index (χ0v) is 12.2. The molecule has 2 rings (SSSR count). The van der Waals surface area contributed by atoms with Crippen LogP contribution in [0.3, 0.4) is 0 Å². The van der Waals surface area contributed by atoms with Gasteiger partial charge < -0.3 is 4.74 Å². The Hall–Kier alpha value is -1.55. The van der Waals surface area contributed by atoms with Crippen molar-refractivity contribution in [2.75, 3.05) is 0 Å². The summed E-state index contributed by atoms with van der Waals surface area (Å²) in [6.45, 7) is 0. The molecule has 0 N–H and O–H groups in total. The predicted octanol–water partition coefficient (Wildman–Crippen LogP) is 4.68. The zero-order chi connectivity index (χ0) is 14.7. The number of hydrogen-bond donors (Lipinski definition) is 0. The Kier molecular flexibility index (Phi) is 4.65. The van der Waals surface area contributed by atoms with E-state index in [2.05, 4.69) is 0 Å². The van der Waals surface area contributed by atoms with Crippen LogP contribution in [0.1, 0.15) is 20.7 Å². The lowest BCUT2D eigenvalue weighted by molar-refractivity contribution is 0.0733. The third-order valence-electron chi connectivity index (χ3n) is 2.44. The van der Waals surface area contributed by atoms with E-state index in [1.165, 1.54) is 24.3 Å². The molecule has 0 spiro atoms. The van der Waals surface area contributed by atoms with Crippen LogP contribution in [0.2, 0.25) is 15.1 Å². The maximum atomic E-state index is 12.0. The van der Waals surface area contributed by atoms with Crippen LogP contribution in [0.4, 0.5) is 0 Å². The van der Waals surface area contributed by atoms with Crippen LogP contribution in [-0.4, -0.2) is 12.3 Å². The molecule has 0 heterocycles. The standard InChI is InChI=1S/C14H7Cl3O3/c15-10-3-1-8(2-4-10)14(19)20-13-9(7-18)5-11(16)6-12(13)17/h1-7H. The fraction of sp³-hybridized carbons (Fsp3) is 0. The second-order valence-corrected chi connectivity index (χ2v) is 5.10. The number of rotatable bonds is 3. The molecular formula is C14H7Cl3O3. The van der Waals surface area contributed by atoms with Crippen molar-refractivity contribution < 1.29 is 14.3 Å². The van der Waals surface area contributed by atoms with Gasteiger partial charge in [-0.1, -0.05) is 34.8 Å². The maximum absolute atomic E-state index is 12.0. The molecule has 0 fully saturated rings. The lowest BCUT2D eigenvalue weighted by Gasteiger charge is -2.09. The van der Waals surface area contributed by atoms with Crippen molar-refractivity contribution in [2.24, 2.45) is 0 Å². The fourth-order valence-corrected chi connectivity index (χ4v) is 2.19. The molecule has 0 aliphatic rings. The van der Waals surface area contributed by atoms with Gasteiger partial charge >= 0.3 is 5.97 Å². The van der Waals surface area contributed by atoms with Gasteiger partial charge in [-0.05, 0) is 36.4 Å². The molecule has 0 atom stereocenters. The van der Waals surface area contributed by atoms with E-state index >= 15 is 0 Å². The molecule has 0 bridgehead atoms. The smallest absolute Gasteiger partial charge is 0.343 e. The molecule has 2 aromatic rings. The molecule has 0 saturated heterocycles. The van der Waals surface area contributed by atoms with Crippen LogP contribution in [0.25, 0.3) is 0 Å². The number of esters is 1. The summed E-state index contributed by atoms with van der Waals surface area (Å²) in [6, 6.07) is 8.89. The van der Waals surface area contributed by atoms with Crippen LogP contribution in [-0.2, 0) is 0 Å². The van der Waals surface area contributed by atoms with Crippen molar-refractivity contribution in [2.45, 2.75) is 0 Å². The monoisotopic (exact) mass is 328 g/mol. The molecular weight excluding hydrogens is 323 g/mol. The Morgan fingerprint density at radius 2 is 1.65 bits per heavy atom. The minimum absolute atomic E-state index is 0.0222. The topological polar surface area (TPSA) is 43.4 Å². The van der Waals surface area contributed by atoms with Gasteiger partial charge in [-0.3, -0.25) is 4.79 Å². The SMILES string of the molecule is O=Cc1cc(Cl)cc(Cl)c1OC(=O)c1ccc(Cl)cc1. The lowest BCUT2D eigenvalue weighted by atomic mass is 10.2. The molecule has 0 radical (unpaired) electrons. The van der Waals surface area contributed by atoms with E-state index in [0.29, 0.717) is 11.3 Å². The summed E-state index contributed by atoms with van der Waals surface area (Å²) < 4.78 is 5.14. The van der Waals surface area contributed by atoms with Gasteiger partial charge in [-0.25, -0.2) is 4.79 Å². The first-order chi connectivity index (χ1) is 9.51. The van der Waals surface area contributed by atoms with Crippen LogP contribution < -0.4 is 4.74 Å². The lowest BCUT2D eigenvalue weighted by Crippen LogP contribution is -2.10. The fourth-order valence-electron chi connectivity index (χ4n) is 1.51. The summed E-state index contributed by atoms with van der Waals surface area (Å²) >= 11 is 17.4. The van der Waals surface area contributed by atoms with Crippen molar-refractivity contribution in [3.8, 4) is 5.75 Å². The molecule has 0 aliphatic heterocycles. The van der Waals surface area contributed by atoms with Crippen molar-refractivity contribution >= 4 is 47.1 Å². The molecule has 0 unspecified atom stereocenters. The van der Waals surface area contributed by atoms with Gasteiger partial charge in [0, 0.05) is 10.0 Å². The first-order valence-electron chi connectivity index (χ1n) is 5.43. The zero-order valence-electron chi connectivity index (χ0n) is 9.90. The van der Waals surface area contributed by atoms with Crippen molar-refractivity contribution in [3.63, 3.8) is 0 Å². The Bertz CT molecular complexity index is 666. The molecule has 20 heavy (non-hydrogen) atoms. The maximum Gasteiger partial charge on any atom is 0.343 e. The average Bonchev–Trinajstić information content (AvgIpc) is 2.42. The highest BCUT2D eigenvalue weighted by molar-refractivity contribution is 6.36. The molecule has 0 aromatic heterocycles. The highest BCUT2D eigenvalue weighted by Crippen LogP contribution is 2.32. The minimum Gasteiger partial charge on any atom is -0.421 e. The largest absolute Gasteiger partial charge is 0.421 e. The van der Waals surface area contributed by atoms with E-state index < -0.39 is 5.97 Å². The molecule has 0 saturated carbocycles. The quantitative estimate of drug-likeness (QED) is 0.466. The van der Waals surface area contributed by atoms with E-state index in [1.807, 2.05) is 0 Å². The van der Waals surface area contributed by atoms with E-state index in [-0.39, 0.29) is 26.9 Å². The van der Waals surface area contributed by atoms with Crippen molar-refractivity contribution in [1.29, 1.82) is 0 Å². The third kappa shape index (κ3) is 3.31. The molecule has 3 nitrogen and oxygen atoms in total. The van der Waals surface area contributed by atoms with Gasteiger partial charge in [0.25, 0.3) is 0 Å². The number of carbonyl (C=O) groups excluding carboxylic acids is 2. The van der Waals surface area contributed by atoms with Crippen molar-refractivity contribution in [3.05, 3.63) is 62.6 Å². The summed E-state index contributed by atoms with van der Waals surface area (Å²) in [7, 11) is 0. The minimum atomic E-state index is -0.644. The number of ether oxygens (including phenoxy) is 1. The average molecular weight is 330 g/mol. The molecule has 2 aromatic carbocycles. The van der Waals surface area contributed by atoms with Crippen LogP contribution in [0, 0.1) is 0 Å². The summed E-state index contributed by atoms with van der Waals surface area (Å²) in [5, 5.41) is 0.866. The number of carbonyl (C=O) groups is 2. The Balaban J connectivity index is 2.32. The van der Waals surface area contributed by atoms with E-state index in [9.17, 15) is 9.59 Å². The second kappa shape index (κ2) is 6.27. The van der Waals surface area contributed by atoms with Crippen LogP contribution in [0.5, 0.6) is 5.75 Å². The normalized spacial score (nSPS) is 10.2. The van der Waals surface area contributed by atoms with E-state index in [0.717, 1.165) is 0 Å².